The van der Waals surface area contributed by atoms with Gasteiger partial charge in [-0.3, -0.25) is 14.5 Å². The molecule has 0 radical (unpaired) electrons. The van der Waals surface area contributed by atoms with Crippen LogP contribution >= 0.6 is 0 Å². The van der Waals surface area contributed by atoms with Crippen molar-refractivity contribution in [3.63, 3.8) is 0 Å². The fourth-order valence-electron chi connectivity index (χ4n) is 5.52. The van der Waals surface area contributed by atoms with Crippen LogP contribution < -0.4 is 5.73 Å². The first-order valence-corrected chi connectivity index (χ1v) is 15.3. The number of hydrogen-bond acceptors (Lipinski definition) is 9. The highest BCUT2D eigenvalue weighted by Crippen LogP contribution is 2.29. The van der Waals surface area contributed by atoms with Gasteiger partial charge in [0.2, 0.25) is 5.91 Å². The summed E-state index contributed by atoms with van der Waals surface area (Å²) in [4.78, 5) is 38.6. The Morgan fingerprint density at radius 3 is 2.45 bits per heavy atom. The van der Waals surface area contributed by atoms with E-state index in [1.165, 1.54) is 7.11 Å². The molecule has 4 rings (SSSR count). The summed E-state index contributed by atoms with van der Waals surface area (Å²) in [6.07, 6.45) is 3.65. The van der Waals surface area contributed by atoms with E-state index >= 15 is 0 Å². The third-order valence-electron chi connectivity index (χ3n) is 7.74. The number of hydrogen-bond donors (Lipinski definition) is 3. The van der Waals surface area contributed by atoms with Crippen LogP contribution in [0.2, 0.25) is 0 Å². The second kappa shape index (κ2) is 16.1. The molecule has 2 aromatic heterocycles. The number of fused-ring (bicyclic) bond motifs is 3. The number of imidazole rings is 1. The first kappa shape index (κ1) is 32.8. The number of carbonyl (C=O) groups excluding carboxylic acids is 2. The topological polar surface area (TPSA) is 147 Å². The molecule has 0 atom stereocenters. The first-order valence-electron chi connectivity index (χ1n) is 15.3. The molecule has 0 saturated heterocycles. The number of nitrogens with zero attached hydrogens (tertiary/aromatic N) is 5. The maximum Gasteiger partial charge on any atom is 0.309 e. The molecule has 11 heteroatoms. The van der Waals surface area contributed by atoms with Crippen molar-refractivity contribution >= 4 is 39.6 Å². The molecular weight excluding hydrogens is 560 g/mol. The minimum Gasteiger partial charge on any atom is -0.469 e. The molecule has 0 aliphatic carbocycles. The summed E-state index contributed by atoms with van der Waals surface area (Å²) in [6, 6.07) is 15.5. The van der Waals surface area contributed by atoms with E-state index in [0.717, 1.165) is 52.6 Å². The summed E-state index contributed by atoms with van der Waals surface area (Å²) in [5, 5.41) is 20.0. The Morgan fingerprint density at radius 1 is 0.977 bits per heavy atom. The third-order valence-corrected chi connectivity index (χ3v) is 7.74. The van der Waals surface area contributed by atoms with E-state index in [1.807, 2.05) is 48.5 Å². The molecule has 236 valence electrons. The van der Waals surface area contributed by atoms with Gasteiger partial charge >= 0.3 is 5.97 Å². The first-order chi connectivity index (χ1) is 21.4. The van der Waals surface area contributed by atoms with Crippen molar-refractivity contribution in [1.29, 1.82) is 0 Å². The second-order valence-corrected chi connectivity index (χ2v) is 11.0. The van der Waals surface area contributed by atoms with Crippen molar-refractivity contribution in [2.24, 2.45) is 0 Å². The van der Waals surface area contributed by atoms with Crippen LogP contribution in [-0.2, 0) is 40.3 Å². The number of methoxy groups -OCH3 is 1. The largest absolute Gasteiger partial charge is 0.469 e. The molecule has 0 saturated carbocycles. The number of ether oxygens (including phenoxy) is 1. The number of rotatable bonds is 17. The van der Waals surface area contributed by atoms with E-state index < -0.39 is 0 Å². The van der Waals surface area contributed by atoms with E-state index in [1.54, 1.807) is 9.80 Å². The van der Waals surface area contributed by atoms with Gasteiger partial charge in [0.05, 0.1) is 44.3 Å². The van der Waals surface area contributed by atoms with E-state index in [2.05, 4.69) is 16.5 Å². The lowest BCUT2D eigenvalue weighted by Gasteiger charge is -2.27. The van der Waals surface area contributed by atoms with Gasteiger partial charge in [-0.25, -0.2) is 9.97 Å². The van der Waals surface area contributed by atoms with Gasteiger partial charge in [-0.2, -0.15) is 0 Å². The van der Waals surface area contributed by atoms with E-state index in [4.69, 9.17) is 15.5 Å². The quantitative estimate of drug-likeness (QED) is 0.155. The Labute approximate surface area is 258 Å². The molecule has 0 aliphatic rings. The molecule has 0 fully saturated rings. The Morgan fingerprint density at radius 2 is 1.73 bits per heavy atom. The number of aliphatic hydroxyl groups is 2. The summed E-state index contributed by atoms with van der Waals surface area (Å²) in [5.41, 5.74) is 10.6. The molecule has 0 unspecified atom stereocenters. The van der Waals surface area contributed by atoms with Gasteiger partial charge in [0.1, 0.15) is 11.3 Å². The number of aromatic nitrogens is 3. The van der Waals surface area contributed by atoms with Crippen LogP contribution in [0.25, 0.3) is 21.9 Å². The van der Waals surface area contributed by atoms with Gasteiger partial charge in [-0.05, 0) is 30.0 Å². The molecule has 4 N–H and O–H groups in total. The van der Waals surface area contributed by atoms with Crippen molar-refractivity contribution in [3.05, 3.63) is 65.5 Å². The maximum absolute atomic E-state index is 13.7. The van der Waals surface area contributed by atoms with E-state index in [0.29, 0.717) is 50.5 Å². The molecule has 0 aliphatic heterocycles. The zero-order valence-corrected chi connectivity index (χ0v) is 25.7. The van der Waals surface area contributed by atoms with Gasteiger partial charge in [-0.1, -0.05) is 55.8 Å². The van der Waals surface area contributed by atoms with Crippen LogP contribution in [-0.4, -0.2) is 92.9 Å². The predicted molar refractivity (Wildman–Crippen MR) is 171 cm³/mol. The summed E-state index contributed by atoms with van der Waals surface area (Å²) >= 11 is 0. The van der Waals surface area contributed by atoms with Crippen LogP contribution in [0.5, 0.6) is 0 Å². The number of aliphatic hydroxyl groups excluding tert-OH is 2. The minimum atomic E-state index is -0.325. The van der Waals surface area contributed by atoms with Crippen molar-refractivity contribution in [2.45, 2.75) is 52.1 Å². The molecule has 2 aromatic carbocycles. The number of esters is 1. The Bertz CT molecular complexity index is 1550. The number of nitrogen functional groups attached to an aromatic ring is 1. The molecule has 2 heterocycles. The highest BCUT2D eigenvalue weighted by molar-refractivity contribution is 6.06. The number of carbonyl (C=O) groups is 2. The molecule has 0 spiro atoms. The standard InChI is InChI=1S/C33H44N6O5/c1-3-4-13-28-36-31-32(26-11-5-6-12-27(26)35-33(31)34)39(28)15-8-14-38(29(42)23-37(16-18-40)17-19-41)22-25-10-7-9-24(20-25)21-30(43)44-2/h5-7,9-12,20,40-41H,3-4,8,13-19,21-23H2,1-2H3,(H2,34,35). The van der Waals surface area contributed by atoms with Crippen LogP contribution in [0, 0.1) is 0 Å². The number of pyridine rings is 1. The normalized spacial score (nSPS) is 11.5. The summed E-state index contributed by atoms with van der Waals surface area (Å²) in [5.74, 6) is 0.934. The summed E-state index contributed by atoms with van der Waals surface area (Å²) in [7, 11) is 1.36. The zero-order chi connectivity index (χ0) is 31.5. The van der Waals surface area contributed by atoms with Gasteiger partial charge in [0.25, 0.3) is 0 Å². The Balaban J connectivity index is 1.61. The van der Waals surface area contributed by atoms with Crippen molar-refractivity contribution in [1.82, 2.24) is 24.3 Å². The molecule has 0 bridgehead atoms. The molecular formula is C33H44N6O5. The molecule has 44 heavy (non-hydrogen) atoms. The minimum absolute atomic E-state index is 0.0750. The van der Waals surface area contributed by atoms with Crippen LogP contribution in [0.15, 0.2) is 48.5 Å². The number of anilines is 1. The zero-order valence-electron chi connectivity index (χ0n) is 25.7. The average Bonchev–Trinajstić information content (AvgIpc) is 3.39. The lowest BCUT2D eigenvalue weighted by atomic mass is 10.1. The Kier molecular flexibility index (Phi) is 12.0. The lowest BCUT2D eigenvalue weighted by Crippen LogP contribution is -2.42. The molecule has 11 nitrogen and oxygen atoms in total. The van der Waals surface area contributed by atoms with Gasteiger partial charge in [-0.15, -0.1) is 0 Å². The number of para-hydroxylation sites is 1. The summed E-state index contributed by atoms with van der Waals surface area (Å²) in [6.45, 7) is 4.05. The smallest absolute Gasteiger partial charge is 0.309 e. The highest BCUT2D eigenvalue weighted by Gasteiger charge is 2.20. The lowest BCUT2D eigenvalue weighted by molar-refractivity contribution is -0.139. The number of benzene rings is 2. The fourth-order valence-corrected chi connectivity index (χ4v) is 5.52. The second-order valence-electron chi connectivity index (χ2n) is 11.0. The number of aryl methyl sites for hydroxylation is 2. The van der Waals surface area contributed by atoms with Crippen molar-refractivity contribution in [3.8, 4) is 0 Å². The van der Waals surface area contributed by atoms with Crippen LogP contribution in [0.4, 0.5) is 5.82 Å². The van der Waals surface area contributed by atoms with Crippen molar-refractivity contribution < 1.29 is 24.5 Å². The van der Waals surface area contributed by atoms with Gasteiger partial charge in [0.15, 0.2) is 5.82 Å². The van der Waals surface area contributed by atoms with Crippen LogP contribution in [0.3, 0.4) is 0 Å². The van der Waals surface area contributed by atoms with Crippen LogP contribution in [0.1, 0.15) is 43.1 Å². The van der Waals surface area contributed by atoms with E-state index in [9.17, 15) is 19.8 Å². The van der Waals surface area contributed by atoms with Crippen molar-refractivity contribution in [2.75, 3.05) is 52.2 Å². The number of nitrogens with two attached hydrogens (primary N) is 1. The molecule has 4 aromatic rings. The third kappa shape index (κ3) is 8.31. The monoisotopic (exact) mass is 604 g/mol. The fraction of sp³-hybridized carbons (Fsp3) is 0.455. The van der Waals surface area contributed by atoms with Gasteiger partial charge < -0.3 is 30.2 Å². The predicted octanol–water partition coefficient (Wildman–Crippen LogP) is 2.93. The SMILES string of the molecule is CCCCc1nc2c(N)nc3ccccc3c2n1CCCN(Cc1cccc(CC(=O)OC)c1)C(=O)CN(CCO)CCO. The Hall–Kier alpha value is -4.06. The van der Waals surface area contributed by atoms with Gasteiger partial charge in [0, 0.05) is 44.5 Å². The molecule has 1 amide bonds. The maximum atomic E-state index is 13.7. The van der Waals surface area contributed by atoms with E-state index in [-0.39, 0.29) is 38.1 Å². The average molecular weight is 605 g/mol. The number of amides is 1. The summed E-state index contributed by atoms with van der Waals surface area (Å²) < 4.78 is 7.05. The number of unbranched alkanes of at least 4 members (excludes halogenated alkanes) is 1. The highest BCUT2D eigenvalue weighted by atomic mass is 16.5.